The number of quaternary nitrogens is 1. The number of hydrogen-bond donors (Lipinski definition) is 2. The third kappa shape index (κ3) is 14.2. The minimum atomic E-state index is -4.49. The summed E-state index contributed by atoms with van der Waals surface area (Å²) >= 11 is 0. The average molecular weight is 514 g/mol. The number of carbonyl (C=O) groups is 4. The molecule has 0 aromatic carbocycles. The Labute approximate surface area is 197 Å². The lowest BCUT2D eigenvalue weighted by atomic mass is 10.3. The molecule has 0 amide bonds. The number of phosphoric ester groups is 1. The molecule has 2 N–H and O–H groups in total. The maximum atomic E-state index is 12.1. The number of esters is 4. The first-order valence-corrected chi connectivity index (χ1v) is 12.0. The van der Waals surface area contributed by atoms with Gasteiger partial charge in [-0.3, -0.25) is 28.2 Å². The van der Waals surface area contributed by atoms with E-state index in [2.05, 4.69) is 0 Å². The maximum absolute atomic E-state index is 12.1. The predicted octanol–water partition coefficient (Wildman–Crippen LogP) is -0.697. The molecule has 0 aromatic rings. The molecule has 1 aliphatic rings. The zero-order chi connectivity index (χ0) is 25.8. The number of carbonyl (C=O) groups excluding carboxylic acids is 4. The van der Waals surface area contributed by atoms with Crippen LogP contribution in [0.25, 0.3) is 0 Å². The van der Waals surface area contributed by atoms with Crippen molar-refractivity contribution < 1.29 is 66.2 Å². The van der Waals surface area contributed by atoms with Gasteiger partial charge in [0.25, 0.3) is 0 Å². The Morgan fingerprint density at radius 2 is 1.32 bits per heavy atom. The summed E-state index contributed by atoms with van der Waals surface area (Å²) in [7, 11) is 1.09. The number of hydrogen-bond acceptors (Lipinski definition) is 12. The van der Waals surface area contributed by atoms with Crippen LogP contribution < -0.4 is 0 Å². The van der Waals surface area contributed by atoms with Crippen LogP contribution in [0.5, 0.6) is 0 Å². The van der Waals surface area contributed by atoms with Gasteiger partial charge >= 0.3 is 31.7 Å². The molecule has 1 heterocycles. The van der Waals surface area contributed by atoms with Crippen LogP contribution in [0.4, 0.5) is 0 Å². The summed E-state index contributed by atoms with van der Waals surface area (Å²) in [6.45, 7) is -1.88. The van der Waals surface area contributed by atoms with Gasteiger partial charge in [-0.15, -0.1) is 0 Å². The lowest BCUT2D eigenvalue weighted by Crippen LogP contribution is -2.37. The van der Waals surface area contributed by atoms with Crippen LogP contribution >= 0.6 is 7.82 Å². The Hall–Kier alpha value is -2.09. The van der Waals surface area contributed by atoms with Crippen LogP contribution in [-0.4, -0.2) is 111 Å². The molecule has 15 heteroatoms. The van der Waals surface area contributed by atoms with Crippen molar-refractivity contribution in [3.8, 4) is 0 Å². The van der Waals surface area contributed by atoms with Crippen LogP contribution in [-0.2, 0) is 51.7 Å². The third-order valence-corrected chi connectivity index (χ3v) is 5.15. The second kappa shape index (κ2) is 14.3. The van der Waals surface area contributed by atoms with E-state index in [1.165, 1.54) is 0 Å². The van der Waals surface area contributed by atoms with E-state index in [0.29, 0.717) is 11.0 Å². The average Bonchev–Trinajstić information content (AvgIpc) is 2.73. The second-order valence-corrected chi connectivity index (χ2v) is 9.84. The molecule has 0 saturated carbocycles. The first-order chi connectivity index (χ1) is 15.8. The lowest BCUT2D eigenvalue weighted by Gasteiger charge is -2.24. The first kappa shape index (κ1) is 29.9. The summed E-state index contributed by atoms with van der Waals surface area (Å²) in [5.41, 5.74) is 0. The number of aliphatic hydroxyl groups excluding tert-OH is 1. The van der Waals surface area contributed by atoms with Gasteiger partial charge in [0.15, 0.2) is 12.2 Å². The van der Waals surface area contributed by atoms with Crippen molar-refractivity contribution in [1.82, 2.24) is 0 Å². The summed E-state index contributed by atoms with van der Waals surface area (Å²) < 4.78 is 42.1. The summed E-state index contributed by atoms with van der Waals surface area (Å²) in [6, 6.07) is 0. The molecule has 1 fully saturated rings. The van der Waals surface area contributed by atoms with Crippen molar-refractivity contribution >= 4 is 31.7 Å². The minimum Gasteiger partial charge on any atom is -0.462 e. The van der Waals surface area contributed by atoms with Gasteiger partial charge in [-0.05, 0) is 0 Å². The quantitative estimate of drug-likeness (QED) is 0.180. The smallest absolute Gasteiger partial charge is 0.462 e. The van der Waals surface area contributed by atoms with Crippen molar-refractivity contribution in [3.63, 3.8) is 0 Å². The molecule has 0 aromatic heterocycles. The molecule has 3 unspecified atom stereocenters. The molecule has 0 aliphatic carbocycles. The van der Waals surface area contributed by atoms with E-state index >= 15 is 0 Å². The lowest BCUT2D eigenvalue weighted by molar-refractivity contribution is -0.870. The van der Waals surface area contributed by atoms with Gasteiger partial charge in [0.2, 0.25) is 0 Å². The Kier molecular flexibility index (Phi) is 12.6. The van der Waals surface area contributed by atoms with Crippen molar-refractivity contribution in [2.24, 2.45) is 0 Å². The molecule has 34 heavy (non-hydrogen) atoms. The molecule has 3 atom stereocenters. The number of aliphatic hydroxyl groups is 1. The molecule has 196 valence electrons. The standard InChI is InChI=1S/C19H32NO13P/c1-20(2,3)8-9-30-34(26,27)31-13-15-12-29-17(23)5-4-16(22)28-11-14(10-21)32-18(24)6-7-19(25)33-15/h14-15,21H,4-13H2,1-3H3/p+1. The molecular weight excluding hydrogens is 481 g/mol. The molecule has 0 radical (unpaired) electrons. The Morgan fingerprint density at radius 1 is 0.853 bits per heavy atom. The highest BCUT2D eigenvalue weighted by Gasteiger charge is 2.27. The van der Waals surface area contributed by atoms with Gasteiger partial charge in [0.1, 0.15) is 26.4 Å². The van der Waals surface area contributed by atoms with Crippen LogP contribution in [0.1, 0.15) is 25.7 Å². The largest absolute Gasteiger partial charge is 0.472 e. The highest BCUT2D eigenvalue weighted by Crippen LogP contribution is 2.43. The number of cyclic esters (lactones) is 4. The van der Waals surface area contributed by atoms with Crippen molar-refractivity contribution in [2.75, 3.05) is 60.7 Å². The highest BCUT2D eigenvalue weighted by atomic mass is 31.2. The van der Waals surface area contributed by atoms with Crippen molar-refractivity contribution in [1.29, 1.82) is 0 Å². The fourth-order valence-electron chi connectivity index (χ4n) is 2.30. The molecule has 1 saturated heterocycles. The topological polar surface area (TPSA) is 181 Å². The zero-order valence-corrected chi connectivity index (χ0v) is 20.4. The molecule has 0 bridgehead atoms. The minimum absolute atomic E-state index is 0.0796. The SMILES string of the molecule is C[N+](C)(C)CCOP(=O)(O)OCC1COC(=O)CCC(=O)OCC(CO)OC(=O)CCC(=O)O1. The van der Waals surface area contributed by atoms with Crippen LogP contribution in [0, 0.1) is 0 Å². The van der Waals surface area contributed by atoms with E-state index in [1.54, 1.807) is 0 Å². The van der Waals surface area contributed by atoms with E-state index in [1.807, 2.05) is 21.1 Å². The summed E-state index contributed by atoms with van der Waals surface area (Å²) in [5.74, 6) is -3.33. The number of ether oxygens (including phenoxy) is 4. The van der Waals surface area contributed by atoms with E-state index in [-0.39, 0.29) is 19.4 Å². The number of rotatable bonds is 8. The van der Waals surface area contributed by atoms with Crippen molar-refractivity contribution in [3.05, 3.63) is 0 Å². The first-order valence-electron chi connectivity index (χ1n) is 10.5. The van der Waals surface area contributed by atoms with Gasteiger partial charge in [0.05, 0.1) is 60.0 Å². The third-order valence-electron chi connectivity index (χ3n) is 4.17. The summed E-state index contributed by atoms with van der Waals surface area (Å²) in [6.07, 6.45) is -3.99. The highest BCUT2D eigenvalue weighted by molar-refractivity contribution is 7.47. The van der Waals surface area contributed by atoms with Gasteiger partial charge in [-0.2, -0.15) is 0 Å². The molecule has 14 nitrogen and oxygen atoms in total. The Morgan fingerprint density at radius 3 is 1.82 bits per heavy atom. The van der Waals surface area contributed by atoms with Crippen LogP contribution in [0.3, 0.4) is 0 Å². The maximum Gasteiger partial charge on any atom is 0.472 e. The number of phosphoric acid groups is 1. The number of likely N-dealkylation sites (N-methyl/N-ethyl adjacent to an activating group) is 1. The van der Waals surface area contributed by atoms with E-state index < -0.39 is 83.2 Å². The molecule has 1 aliphatic heterocycles. The van der Waals surface area contributed by atoms with E-state index in [4.69, 9.17) is 28.0 Å². The molecule has 0 spiro atoms. The van der Waals surface area contributed by atoms with Gasteiger partial charge in [0, 0.05) is 0 Å². The van der Waals surface area contributed by atoms with Gasteiger partial charge in [-0.1, -0.05) is 0 Å². The monoisotopic (exact) mass is 514 g/mol. The van der Waals surface area contributed by atoms with Gasteiger partial charge in [-0.25, -0.2) is 4.57 Å². The van der Waals surface area contributed by atoms with E-state index in [9.17, 15) is 33.7 Å². The van der Waals surface area contributed by atoms with E-state index in [0.717, 1.165) is 0 Å². The molecule has 1 rings (SSSR count). The number of nitrogens with zero attached hydrogens (tertiary/aromatic N) is 1. The normalized spacial score (nSPS) is 23.8. The van der Waals surface area contributed by atoms with Crippen LogP contribution in [0.15, 0.2) is 0 Å². The van der Waals surface area contributed by atoms with Gasteiger partial charge < -0.3 is 33.4 Å². The second-order valence-electron chi connectivity index (χ2n) is 8.38. The fourth-order valence-corrected chi connectivity index (χ4v) is 3.04. The molecular formula is C19H33NO13P+. The Balaban J connectivity index is 2.75. The van der Waals surface area contributed by atoms with Crippen molar-refractivity contribution in [2.45, 2.75) is 37.9 Å². The Bertz CT molecular complexity index is 751. The van der Waals surface area contributed by atoms with Crippen LogP contribution in [0.2, 0.25) is 0 Å². The zero-order valence-electron chi connectivity index (χ0n) is 19.5. The predicted molar refractivity (Wildman–Crippen MR) is 112 cm³/mol. The summed E-state index contributed by atoms with van der Waals surface area (Å²) in [5, 5.41) is 9.23. The summed E-state index contributed by atoms with van der Waals surface area (Å²) in [4.78, 5) is 57.4. The fraction of sp³-hybridized carbons (Fsp3) is 0.789.